The summed E-state index contributed by atoms with van der Waals surface area (Å²) in [6, 6.07) is 14.4. The number of aryl methyl sites for hydroxylation is 1. The number of nitrogens with zero attached hydrogens (tertiary/aromatic N) is 1. The molecule has 4 rings (SSSR count). The van der Waals surface area contributed by atoms with Crippen molar-refractivity contribution in [1.82, 2.24) is 9.55 Å². The monoisotopic (exact) mass is 394 g/mol. The van der Waals surface area contributed by atoms with Crippen LogP contribution in [0.5, 0.6) is 11.5 Å². The van der Waals surface area contributed by atoms with Gasteiger partial charge in [0.2, 0.25) is 0 Å². The maximum Gasteiger partial charge on any atom is 0.334 e. The Balaban J connectivity index is 1.92. The van der Waals surface area contributed by atoms with E-state index in [2.05, 4.69) is 4.98 Å². The maximum absolute atomic E-state index is 13.2. The molecule has 0 spiro atoms. The molecule has 0 amide bonds. The second-order valence-electron chi connectivity index (χ2n) is 6.26. The second-order valence-corrected chi connectivity index (χ2v) is 7.28. The smallest absolute Gasteiger partial charge is 0.334 e. The molecule has 0 unspecified atom stereocenters. The van der Waals surface area contributed by atoms with Gasteiger partial charge in [-0.3, -0.25) is 9.78 Å². The normalized spacial score (nSPS) is 11.0. The van der Waals surface area contributed by atoms with Crippen LogP contribution in [-0.4, -0.2) is 23.8 Å². The number of aromatic amines is 1. The summed E-state index contributed by atoms with van der Waals surface area (Å²) in [4.78, 5) is 30.1. The number of rotatable bonds is 4. The summed E-state index contributed by atoms with van der Waals surface area (Å²) in [6.45, 7) is 1.90. The zero-order valence-electron chi connectivity index (χ0n) is 15.6. The van der Waals surface area contributed by atoms with Crippen molar-refractivity contribution in [3.8, 4) is 27.6 Å². The number of aromatic nitrogens is 2. The summed E-state index contributed by atoms with van der Waals surface area (Å²) in [7, 11) is 3.18. The molecule has 0 bridgehead atoms. The quantitative estimate of drug-likeness (QED) is 0.572. The van der Waals surface area contributed by atoms with Crippen LogP contribution in [-0.2, 0) is 0 Å². The molecule has 2 aromatic carbocycles. The van der Waals surface area contributed by atoms with E-state index in [0.29, 0.717) is 21.7 Å². The molecular formula is C21H18N2O4S. The van der Waals surface area contributed by atoms with Gasteiger partial charge in [0.05, 0.1) is 25.3 Å². The van der Waals surface area contributed by atoms with Crippen molar-refractivity contribution in [1.29, 1.82) is 0 Å². The van der Waals surface area contributed by atoms with E-state index in [4.69, 9.17) is 9.47 Å². The van der Waals surface area contributed by atoms with Crippen molar-refractivity contribution in [2.75, 3.05) is 14.2 Å². The maximum atomic E-state index is 13.2. The van der Waals surface area contributed by atoms with Crippen LogP contribution in [0.15, 0.2) is 58.1 Å². The van der Waals surface area contributed by atoms with Gasteiger partial charge in [0.15, 0.2) is 0 Å². The van der Waals surface area contributed by atoms with Crippen LogP contribution in [0.25, 0.3) is 26.3 Å². The van der Waals surface area contributed by atoms with Gasteiger partial charge in [-0.05, 0) is 66.6 Å². The Hall–Kier alpha value is -3.32. The lowest BCUT2D eigenvalue weighted by Crippen LogP contribution is -2.33. The molecule has 142 valence electrons. The predicted octanol–water partition coefficient (Wildman–Crippen LogP) is 3.73. The average molecular weight is 394 g/mol. The van der Waals surface area contributed by atoms with Crippen molar-refractivity contribution >= 4 is 21.6 Å². The minimum absolute atomic E-state index is 0.336. The van der Waals surface area contributed by atoms with Gasteiger partial charge in [0, 0.05) is 4.88 Å². The number of hydrogen-bond acceptors (Lipinski definition) is 5. The third-order valence-electron chi connectivity index (χ3n) is 4.67. The van der Waals surface area contributed by atoms with Gasteiger partial charge in [-0.1, -0.05) is 0 Å². The van der Waals surface area contributed by atoms with Crippen LogP contribution in [0.1, 0.15) is 5.56 Å². The first-order valence-corrected chi connectivity index (χ1v) is 9.42. The van der Waals surface area contributed by atoms with E-state index in [-0.39, 0.29) is 5.56 Å². The molecule has 28 heavy (non-hydrogen) atoms. The summed E-state index contributed by atoms with van der Waals surface area (Å²) in [6.07, 6.45) is 0. The fourth-order valence-corrected chi connectivity index (χ4v) is 4.39. The number of methoxy groups -OCH3 is 2. The van der Waals surface area contributed by atoms with E-state index < -0.39 is 5.69 Å². The molecule has 2 heterocycles. The lowest BCUT2D eigenvalue weighted by molar-refractivity contribution is 0.414. The van der Waals surface area contributed by atoms with Crippen LogP contribution in [0.2, 0.25) is 0 Å². The molecule has 6 nitrogen and oxygen atoms in total. The van der Waals surface area contributed by atoms with Crippen LogP contribution in [0, 0.1) is 6.92 Å². The number of nitrogens with one attached hydrogen (secondary N) is 1. The molecule has 1 N–H and O–H groups in total. The van der Waals surface area contributed by atoms with Crippen LogP contribution in [0.4, 0.5) is 0 Å². The Morgan fingerprint density at radius 1 is 0.893 bits per heavy atom. The topological polar surface area (TPSA) is 73.3 Å². The minimum Gasteiger partial charge on any atom is -0.497 e. The summed E-state index contributed by atoms with van der Waals surface area (Å²) in [5.74, 6) is 1.42. The third kappa shape index (κ3) is 2.90. The van der Waals surface area contributed by atoms with Gasteiger partial charge in [0.25, 0.3) is 5.56 Å². The molecule has 7 heteroatoms. The number of fused-ring (bicyclic) bond motifs is 1. The summed E-state index contributed by atoms with van der Waals surface area (Å²) >= 11 is 1.40. The molecule has 2 aromatic heterocycles. The largest absolute Gasteiger partial charge is 0.497 e. The molecule has 0 saturated carbocycles. The van der Waals surface area contributed by atoms with Crippen molar-refractivity contribution in [3.63, 3.8) is 0 Å². The first-order valence-electron chi connectivity index (χ1n) is 8.60. The van der Waals surface area contributed by atoms with E-state index in [1.807, 2.05) is 31.2 Å². The van der Waals surface area contributed by atoms with Crippen molar-refractivity contribution in [2.24, 2.45) is 0 Å². The number of ether oxygens (including phenoxy) is 2. The van der Waals surface area contributed by atoms with Gasteiger partial charge < -0.3 is 9.47 Å². The zero-order valence-corrected chi connectivity index (χ0v) is 16.4. The van der Waals surface area contributed by atoms with E-state index in [1.54, 1.807) is 38.5 Å². The van der Waals surface area contributed by atoms with E-state index in [1.165, 1.54) is 11.3 Å². The lowest BCUT2D eigenvalue weighted by Gasteiger charge is -2.06. The molecule has 0 aliphatic rings. The van der Waals surface area contributed by atoms with Crippen LogP contribution >= 0.6 is 11.3 Å². The lowest BCUT2D eigenvalue weighted by atomic mass is 10.1. The standard InChI is InChI=1S/C21H18N2O4S/c1-12-17-19(28-18(12)13-4-8-15(26-2)9-5-13)22-21(25)23(20(17)24)14-6-10-16(27-3)11-7-14/h4-11H,1-3H3,(H,22,25). The van der Waals surface area contributed by atoms with Crippen LogP contribution in [0.3, 0.4) is 0 Å². The fraction of sp³-hybridized carbons (Fsp3) is 0.143. The Morgan fingerprint density at radius 2 is 1.46 bits per heavy atom. The van der Waals surface area contributed by atoms with Gasteiger partial charge in [-0.2, -0.15) is 0 Å². The highest BCUT2D eigenvalue weighted by molar-refractivity contribution is 7.22. The zero-order chi connectivity index (χ0) is 19.8. The first kappa shape index (κ1) is 18.1. The SMILES string of the molecule is COc1ccc(-c2sc3[nH]c(=O)n(-c4ccc(OC)cc4)c(=O)c3c2C)cc1. The van der Waals surface area contributed by atoms with E-state index in [9.17, 15) is 9.59 Å². The molecule has 0 aliphatic carbocycles. The van der Waals surface area contributed by atoms with Crippen molar-refractivity contribution in [3.05, 3.63) is 74.9 Å². The van der Waals surface area contributed by atoms with E-state index >= 15 is 0 Å². The third-order valence-corrected chi connectivity index (χ3v) is 5.93. The van der Waals surface area contributed by atoms with Crippen molar-refractivity contribution in [2.45, 2.75) is 6.92 Å². The molecule has 0 fully saturated rings. The highest BCUT2D eigenvalue weighted by atomic mass is 32.1. The number of H-pyrrole nitrogens is 1. The molecule has 0 atom stereocenters. The minimum atomic E-state index is -0.467. The van der Waals surface area contributed by atoms with Crippen LogP contribution < -0.4 is 20.7 Å². The average Bonchev–Trinajstić information content (AvgIpc) is 3.04. The molecule has 0 radical (unpaired) electrons. The van der Waals surface area contributed by atoms with Gasteiger partial charge in [-0.25, -0.2) is 9.36 Å². The van der Waals surface area contributed by atoms with Crippen molar-refractivity contribution < 1.29 is 9.47 Å². The molecule has 0 saturated heterocycles. The highest BCUT2D eigenvalue weighted by Gasteiger charge is 2.18. The number of hydrogen-bond donors (Lipinski definition) is 1. The fourth-order valence-electron chi connectivity index (χ4n) is 3.20. The summed E-state index contributed by atoms with van der Waals surface area (Å²) in [5, 5.41) is 0.520. The Labute approximate surface area is 164 Å². The Morgan fingerprint density at radius 3 is 2.04 bits per heavy atom. The summed E-state index contributed by atoms with van der Waals surface area (Å²) in [5.41, 5.74) is 1.50. The van der Waals surface area contributed by atoms with Gasteiger partial charge >= 0.3 is 5.69 Å². The molecular weight excluding hydrogens is 376 g/mol. The Kier molecular flexibility index (Phi) is 4.52. The first-order chi connectivity index (χ1) is 13.5. The second kappa shape index (κ2) is 7.01. The number of thiophene rings is 1. The predicted molar refractivity (Wildman–Crippen MR) is 111 cm³/mol. The molecule has 0 aliphatic heterocycles. The van der Waals surface area contributed by atoms with E-state index in [0.717, 1.165) is 26.3 Å². The molecule has 4 aromatic rings. The highest BCUT2D eigenvalue weighted by Crippen LogP contribution is 2.36. The Bertz CT molecular complexity index is 1270. The number of benzene rings is 2. The van der Waals surface area contributed by atoms with Gasteiger partial charge in [-0.15, -0.1) is 11.3 Å². The van der Waals surface area contributed by atoms with Gasteiger partial charge in [0.1, 0.15) is 16.3 Å². The summed E-state index contributed by atoms with van der Waals surface area (Å²) < 4.78 is 11.5.